The normalized spacial score (nSPS) is 19.9. The highest BCUT2D eigenvalue weighted by Gasteiger charge is 2.38. The van der Waals surface area contributed by atoms with E-state index in [1.807, 2.05) is 34.4 Å². The van der Waals surface area contributed by atoms with Crippen molar-refractivity contribution in [2.45, 2.75) is 58.9 Å². The van der Waals surface area contributed by atoms with Crippen LogP contribution in [0.1, 0.15) is 49.9 Å². The predicted octanol–water partition coefficient (Wildman–Crippen LogP) is 2.16. The highest BCUT2D eigenvalue weighted by molar-refractivity contribution is 5.77. The first kappa shape index (κ1) is 20.8. The minimum Gasteiger partial charge on any atom is -0.383 e. The Morgan fingerprint density at radius 2 is 1.86 bits per heavy atom. The lowest BCUT2D eigenvalue weighted by Crippen LogP contribution is -2.43. The molecule has 0 aromatic carbocycles. The third-order valence-electron chi connectivity index (χ3n) is 6.52. The molecule has 28 heavy (non-hydrogen) atoms. The summed E-state index contributed by atoms with van der Waals surface area (Å²) in [7, 11) is 1.67. The molecular formula is C21H34N4O3. The number of hydrogen-bond donors (Lipinski definition) is 0. The number of aryl methyl sites for hydroxylation is 3. The molecule has 2 saturated heterocycles. The lowest BCUT2D eigenvalue weighted by atomic mass is 9.73. The molecule has 1 aromatic rings. The van der Waals surface area contributed by atoms with Gasteiger partial charge in [-0.25, -0.2) is 0 Å². The van der Waals surface area contributed by atoms with Gasteiger partial charge < -0.3 is 14.5 Å². The minimum atomic E-state index is 0.212. The number of piperidine rings is 1. The van der Waals surface area contributed by atoms with Crippen molar-refractivity contribution in [3.05, 3.63) is 17.5 Å². The maximum absolute atomic E-state index is 12.7. The molecule has 0 atom stereocenters. The fourth-order valence-corrected chi connectivity index (χ4v) is 4.58. The van der Waals surface area contributed by atoms with E-state index in [1.54, 1.807) is 7.11 Å². The first-order valence-electron chi connectivity index (χ1n) is 10.5. The van der Waals surface area contributed by atoms with Gasteiger partial charge in [0.1, 0.15) is 0 Å². The monoisotopic (exact) mass is 390 g/mol. The molecular weight excluding hydrogens is 356 g/mol. The van der Waals surface area contributed by atoms with Crippen molar-refractivity contribution in [2.24, 2.45) is 5.41 Å². The molecule has 7 heteroatoms. The van der Waals surface area contributed by atoms with Gasteiger partial charge in [-0.2, -0.15) is 5.10 Å². The van der Waals surface area contributed by atoms with Crippen LogP contribution in [-0.2, 0) is 20.9 Å². The highest BCUT2D eigenvalue weighted by Crippen LogP contribution is 2.41. The molecule has 0 unspecified atom stereocenters. The molecule has 0 saturated carbocycles. The first-order chi connectivity index (χ1) is 13.4. The van der Waals surface area contributed by atoms with Gasteiger partial charge in [-0.3, -0.25) is 14.3 Å². The lowest BCUT2D eigenvalue weighted by Gasteiger charge is -2.41. The second kappa shape index (κ2) is 9.07. The average molecular weight is 391 g/mol. The molecule has 0 bridgehead atoms. The molecule has 2 aliphatic heterocycles. The van der Waals surface area contributed by atoms with Crippen molar-refractivity contribution in [1.82, 2.24) is 19.6 Å². The first-order valence-corrected chi connectivity index (χ1v) is 10.5. The van der Waals surface area contributed by atoms with Gasteiger partial charge in [0.15, 0.2) is 0 Å². The summed E-state index contributed by atoms with van der Waals surface area (Å²) in [4.78, 5) is 29.0. The summed E-state index contributed by atoms with van der Waals surface area (Å²) in [6.07, 6.45) is 5.11. The Morgan fingerprint density at radius 3 is 2.50 bits per heavy atom. The Hall–Kier alpha value is -1.89. The van der Waals surface area contributed by atoms with Gasteiger partial charge in [0.25, 0.3) is 0 Å². The number of ether oxygens (including phenoxy) is 1. The van der Waals surface area contributed by atoms with E-state index in [0.717, 1.165) is 56.7 Å². The molecule has 1 spiro atoms. The number of methoxy groups -OCH3 is 1. The van der Waals surface area contributed by atoms with E-state index in [-0.39, 0.29) is 17.2 Å². The van der Waals surface area contributed by atoms with E-state index in [4.69, 9.17) is 4.74 Å². The number of amides is 2. The third-order valence-corrected chi connectivity index (χ3v) is 6.52. The van der Waals surface area contributed by atoms with Crippen molar-refractivity contribution in [3.63, 3.8) is 0 Å². The molecule has 2 aliphatic rings. The van der Waals surface area contributed by atoms with E-state index in [2.05, 4.69) is 5.10 Å². The minimum absolute atomic E-state index is 0.212. The molecule has 1 aromatic heterocycles. The van der Waals surface area contributed by atoms with E-state index in [0.29, 0.717) is 32.5 Å². The SMILES string of the molecule is COCCN1CCC2(CCC1=O)CCN(C(=O)CCn1nc(C)cc1C)CC2. The van der Waals surface area contributed by atoms with Crippen LogP contribution in [0.4, 0.5) is 0 Å². The van der Waals surface area contributed by atoms with Crippen LogP contribution in [0.2, 0.25) is 0 Å². The summed E-state index contributed by atoms with van der Waals surface area (Å²) in [5, 5.41) is 4.44. The lowest BCUT2D eigenvalue weighted by molar-refractivity contribution is -0.134. The standard InChI is InChI=1S/C21H34N4O3/c1-17-16-18(2)25(22-17)10-5-20(27)23-11-7-21(8-12-23)6-4-19(26)24(13-9-21)14-15-28-3/h16H,4-15H2,1-3H3. The quantitative estimate of drug-likeness (QED) is 0.746. The van der Waals surface area contributed by atoms with Gasteiger partial charge >= 0.3 is 0 Å². The Morgan fingerprint density at radius 1 is 1.14 bits per heavy atom. The number of nitrogens with zero attached hydrogens (tertiary/aromatic N) is 4. The van der Waals surface area contributed by atoms with E-state index in [1.165, 1.54) is 0 Å². The van der Waals surface area contributed by atoms with Crippen LogP contribution in [-0.4, -0.2) is 71.3 Å². The topological polar surface area (TPSA) is 67.7 Å². The van der Waals surface area contributed by atoms with E-state index in [9.17, 15) is 9.59 Å². The number of aromatic nitrogens is 2. The Kier molecular flexibility index (Phi) is 6.75. The Balaban J connectivity index is 1.48. The fourth-order valence-electron chi connectivity index (χ4n) is 4.58. The van der Waals surface area contributed by atoms with Crippen molar-refractivity contribution >= 4 is 11.8 Å². The summed E-state index contributed by atoms with van der Waals surface area (Å²) in [6.45, 7) is 8.35. The zero-order chi connectivity index (χ0) is 20.1. The van der Waals surface area contributed by atoms with Gasteiger partial charge in [-0.15, -0.1) is 0 Å². The highest BCUT2D eigenvalue weighted by atomic mass is 16.5. The molecule has 7 nitrogen and oxygen atoms in total. The smallest absolute Gasteiger partial charge is 0.224 e. The van der Waals surface area contributed by atoms with Crippen molar-refractivity contribution in [1.29, 1.82) is 0 Å². The second-order valence-electron chi connectivity index (χ2n) is 8.40. The maximum Gasteiger partial charge on any atom is 0.224 e. The van der Waals surface area contributed by atoms with Crippen LogP contribution in [0.3, 0.4) is 0 Å². The number of rotatable bonds is 6. The zero-order valence-corrected chi connectivity index (χ0v) is 17.6. The van der Waals surface area contributed by atoms with E-state index < -0.39 is 0 Å². The van der Waals surface area contributed by atoms with Gasteiger partial charge in [-0.1, -0.05) is 0 Å². The Labute approximate surface area is 168 Å². The maximum atomic E-state index is 12.7. The van der Waals surface area contributed by atoms with Crippen molar-refractivity contribution < 1.29 is 14.3 Å². The van der Waals surface area contributed by atoms with Crippen LogP contribution in [0.15, 0.2) is 6.07 Å². The van der Waals surface area contributed by atoms with Crippen LogP contribution in [0, 0.1) is 19.3 Å². The largest absolute Gasteiger partial charge is 0.383 e. The molecule has 3 heterocycles. The van der Waals surface area contributed by atoms with Gasteiger partial charge in [0.05, 0.1) is 12.3 Å². The van der Waals surface area contributed by atoms with Gasteiger partial charge in [-0.05, 0) is 51.0 Å². The van der Waals surface area contributed by atoms with Crippen LogP contribution < -0.4 is 0 Å². The Bertz CT molecular complexity index is 692. The number of carbonyl (C=O) groups is 2. The van der Waals surface area contributed by atoms with Crippen molar-refractivity contribution in [3.8, 4) is 0 Å². The van der Waals surface area contributed by atoms with Crippen LogP contribution in [0.5, 0.6) is 0 Å². The summed E-state index contributed by atoms with van der Waals surface area (Å²) in [5.41, 5.74) is 2.31. The summed E-state index contributed by atoms with van der Waals surface area (Å²) in [5.74, 6) is 0.464. The van der Waals surface area contributed by atoms with Gasteiger partial charge in [0, 0.05) is 58.4 Å². The predicted molar refractivity (Wildman–Crippen MR) is 107 cm³/mol. The molecule has 0 N–H and O–H groups in total. The molecule has 156 valence electrons. The third kappa shape index (κ3) is 4.93. The van der Waals surface area contributed by atoms with Crippen molar-refractivity contribution in [2.75, 3.05) is 39.9 Å². The summed E-state index contributed by atoms with van der Waals surface area (Å²) in [6, 6.07) is 2.04. The zero-order valence-electron chi connectivity index (χ0n) is 17.6. The second-order valence-corrected chi connectivity index (χ2v) is 8.40. The van der Waals surface area contributed by atoms with Gasteiger partial charge in [0.2, 0.25) is 11.8 Å². The molecule has 3 rings (SSSR count). The number of carbonyl (C=O) groups excluding carboxylic acids is 2. The molecule has 2 amide bonds. The average Bonchev–Trinajstić information content (AvgIpc) is 2.93. The summed E-state index contributed by atoms with van der Waals surface area (Å²) >= 11 is 0. The van der Waals surface area contributed by atoms with E-state index >= 15 is 0 Å². The molecule has 2 fully saturated rings. The fraction of sp³-hybridized carbons (Fsp3) is 0.762. The molecule has 0 aliphatic carbocycles. The number of hydrogen-bond acceptors (Lipinski definition) is 4. The number of likely N-dealkylation sites (tertiary alicyclic amines) is 2. The van der Waals surface area contributed by atoms with Crippen LogP contribution >= 0.6 is 0 Å². The van der Waals surface area contributed by atoms with Crippen LogP contribution in [0.25, 0.3) is 0 Å². The molecule has 0 radical (unpaired) electrons. The summed E-state index contributed by atoms with van der Waals surface area (Å²) < 4.78 is 7.05.